The molecular weight excluding hydrogens is 203 g/mol. The molecule has 1 aromatic heterocycles. The molecule has 0 fully saturated rings. The fraction of sp³-hybridized carbons (Fsp3) is 0.182. The average Bonchev–Trinajstić information content (AvgIpc) is 2.14. The highest BCUT2D eigenvalue weighted by atomic mass is 19.4. The fourth-order valence-electron chi connectivity index (χ4n) is 0.899. The summed E-state index contributed by atoms with van der Waals surface area (Å²) in [5.74, 6) is 0. The highest BCUT2D eigenvalue weighted by molar-refractivity contribution is 5.48. The van der Waals surface area contributed by atoms with Gasteiger partial charge in [-0.3, -0.25) is 4.98 Å². The number of allylic oxidation sites excluding steroid dienone is 2. The molecule has 0 aliphatic rings. The molecular formula is C11H10F3N. The van der Waals surface area contributed by atoms with Crippen molar-refractivity contribution in [2.45, 2.75) is 13.1 Å². The van der Waals surface area contributed by atoms with Crippen LogP contribution in [0.3, 0.4) is 0 Å². The number of aromatic nitrogens is 1. The molecule has 1 nitrogen and oxygen atoms in total. The number of rotatable bonds is 2. The molecule has 0 atom stereocenters. The van der Waals surface area contributed by atoms with Gasteiger partial charge in [-0.15, -0.1) is 0 Å². The standard InChI is InChI=1S/C11H10F3N/c1-8(2)3-5-10-6-4-9(7-15-10)11(12,13)14/h3-7H,1H2,2H3/b5-3+. The first-order chi connectivity index (χ1) is 6.89. The molecule has 0 aliphatic heterocycles. The number of pyridine rings is 1. The van der Waals surface area contributed by atoms with Crippen LogP contribution in [-0.2, 0) is 6.18 Å². The second-order valence-electron chi connectivity index (χ2n) is 3.15. The average molecular weight is 213 g/mol. The normalized spacial score (nSPS) is 12.0. The summed E-state index contributed by atoms with van der Waals surface area (Å²) in [5, 5.41) is 0. The lowest BCUT2D eigenvalue weighted by Gasteiger charge is -2.05. The Morgan fingerprint density at radius 1 is 1.40 bits per heavy atom. The summed E-state index contributed by atoms with van der Waals surface area (Å²) in [6.45, 7) is 5.42. The second-order valence-corrected chi connectivity index (χ2v) is 3.15. The van der Waals surface area contributed by atoms with Crippen LogP contribution in [0.1, 0.15) is 18.2 Å². The molecule has 0 aliphatic carbocycles. The van der Waals surface area contributed by atoms with Gasteiger partial charge in [0.1, 0.15) is 0 Å². The van der Waals surface area contributed by atoms with E-state index in [1.54, 1.807) is 19.1 Å². The summed E-state index contributed by atoms with van der Waals surface area (Å²) in [5.41, 5.74) is 0.553. The van der Waals surface area contributed by atoms with Gasteiger partial charge in [-0.05, 0) is 25.1 Å². The molecule has 80 valence electrons. The molecule has 0 aromatic carbocycles. The Hall–Kier alpha value is -1.58. The summed E-state index contributed by atoms with van der Waals surface area (Å²) in [4.78, 5) is 3.67. The van der Waals surface area contributed by atoms with E-state index >= 15 is 0 Å². The molecule has 0 N–H and O–H groups in total. The fourth-order valence-corrected chi connectivity index (χ4v) is 0.899. The van der Waals surface area contributed by atoms with Crippen molar-refractivity contribution >= 4 is 6.08 Å². The SMILES string of the molecule is C=C(C)/C=C/c1ccc(C(F)(F)F)cn1. The van der Waals surface area contributed by atoms with Crippen molar-refractivity contribution in [1.29, 1.82) is 0 Å². The van der Waals surface area contributed by atoms with Crippen LogP contribution in [0.25, 0.3) is 6.08 Å². The van der Waals surface area contributed by atoms with Gasteiger partial charge in [0.05, 0.1) is 11.3 Å². The molecule has 15 heavy (non-hydrogen) atoms. The maximum absolute atomic E-state index is 12.2. The van der Waals surface area contributed by atoms with E-state index in [1.165, 1.54) is 6.07 Å². The van der Waals surface area contributed by atoms with Crippen LogP contribution in [0, 0.1) is 0 Å². The van der Waals surface area contributed by atoms with Crippen LogP contribution in [0.5, 0.6) is 0 Å². The largest absolute Gasteiger partial charge is 0.417 e. The quantitative estimate of drug-likeness (QED) is 0.683. The summed E-state index contributed by atoms with van der Waals surface area (Å²) in [7, 11) is 0. The minimum absolute atomic E-state index is 0.478. The third-order valence-corrected chi connectivity index (χ3v) is 1.65. The summed E-state index contributed by atoms with van der Waals surface area (Å²) >= 11 is 0. The first-order valence-electron chi connectivity index (χ1n) is 4.26. The van der Waals surface area contributed by atoms with Crippen molar-refractivity contribution in [3.05, 3.63) is 47.8 Å². The zero-order valence-corrected chi connectivity index (χ0v) is 8.17. The van der Waals surface area contributed by atoms with Crippen molar-refractivity contribution < 1.29 is 13.2 Å². The third kappa shape index (κ3) is 3.58. The van der Waals surface area contributed by atoms with Gasteiger partial charge in [0.2, 0.25) is 0 Å². The van der Waals surface area contributed by atoms with Crippen LogP contribution in [-0.4, -0.2) is 4.98 Å². The van der Waals surface area contributed by atoms with Gasteiger partial charge >= 0.3 is 6.18 Å². The van der Waals surface area contributed by atoms with Crippen LogP contribution in [0.15, 0.2) is 36.6 Å². The molecule has 4 heteroatoms. The topological polar surface area (TPSA) is 12.9 Å². The van der Waals surface area contributed by atoms with E-state index in [4.69, 9.17) is 0 Å². The Balaban J connectivity index is 2.86. The second kappa shape index (κ2) is 4.29. The number of hydrogen-bond acceptors (Lipinski definition) is 1. The zero-order valence-electron chi connectivity index (χ0n) is 8.17. The number of alkyl halides is 3. The van der Waals surface area contributed by atoms with Gasteiger partial charge in [-0.2, -0.15) is 13.2 Å². The third-order valence-electron chi connectivity index (χ3n) is 1.65. The van der Waals surface area contributed by atoms with Crippen molar-refractivity contribution in [2.75, 3.05) is 0 Å². The van der Waals surface area contributed by atoms with Crippen LogP contribution >= 0.6 is 0 Å². The van der Waals surface area contributed by atoms with Gasteiger partial charge in [0, 0.05) is 6.20 Å². The van der Waals surface area contributed by atoms with Crippen molar-refractivity contribution in [2.24, 2.45) is 0 Å². The first kappa shape index (κ1) is 11.5. The van der Waals surface area contributed by atoms with E-state index in [1.807, 2.05) is 0 Å². The van der Waals surface area contributed by atoms with Crippen LogP contribution in [0.4, 0.5) is 13.2 Å². The molecule has 0 saturated carbocycles. The summed E-state index contributed by atoms with van der Waals surface area (Å²) in [6, 6.07) is 2.33. The van der Waals surface area contributed by atoms with Gasteiger partial charge in [-0.1, -0.05) is 18.2 Å². The number of halogens is 3. The lowest BCUT2D eigenvalue weighted by molar-refractivity contribution is -0.137. The van der Waals surface area contributed by atoms with E-state index in [2.05, 4.69) is 11.6 Å². The first-order valence-corrected chi connectivity index (χ1v) is 4.26. The Labute approximate surface area is 86.0 Å². The number of hydrogen-bond donors (Lipinski definition) is 0. The van der Waals surface area contributed by atoms with E-state index in [0.717, 1.165) is 17.8 Å². The Morgan fingerprint density at radius 3 is 2.47 bits per heavy atom. The molecule has 0 unspecified atom stereocenters. The maximum Gasteiger partial charge on any atom is 0.417 e. The summed E-state index contributed by atoms with van der Waals surface area (Å²) in [6.07, 6.45) is -0.209. The molecule has 0 saturated heterocycles. The van der Waals surface area contributed by atoms with E-state index < -0.39 is 11.7 Å². The Kier molecular flexibility index (Phi) is 3.29. The molecule has 0 bridgehead atoms. The molecule has 0 spiro atoms. The highest BCUT2D eigenvalue weighted by Crippen LogP contribution is 2.28. The number of nitrogens with zero attached hydrogens (tertiary/aromatic N) is 1. The highest BCUT2D eigenvalue weighted by Gasteiger charge is 2.30. The smallest absolute Gasteiger partial charge is 0.256 e. The molecule has 0 radical (unpaired) electrons. The zero-order chi connectivity index (χ0) is 11.5. The minimum atomic E-state index is -4.33. The van der Waals surface area contributed by atoms with E-state index in [-0.39, 0.29) is 0 Å². The van der Waals surface area contributed by atoms with Gasteiger partial charge in [-0.25, -0.2) is 0 Å². The predicted octanol–water partition coefficient (Wildman–Crippen LogP) is 3.69. The summed E-state index contributed by atoms with van der Waals surface area (Å²) < 4.78 is 36.5. The van der Waals surface area contributed by atoms with E-state index in [0.29, 0.717) is 5.69 Å². The van der Waals surface area contributed by atoms with Crippen molar-refractivity contribution in [3.8, 4) is 0 Å². The van der Waals surface area contributed by atoms with Gasteiger partial charge in [0.15, 0.2) is 0 Å². The maximum atomic E-state index is 12.2. The Morgan fingerprint density at radius 2 is 2.07 bits per heavy atom. The minimum Gasteiger partial charge on any atom is -0.256 e. The lowest BCUT2D eigenvalue weighted by Crippen LogP contribution is -2.05. The monoisotopic (exact) mass is 213 g/mol. The van der Waals surface area contributed by atoms with Crippen LogP contribution < -0.4 is 0 Å². The van der Waals surface area contributed by atoms with Gasteiger partial charge < -0.3 is 0 Å². The molecule has 1 aromatic rings. The van der Waals surface area contributed by atoms with Crippen molar-refractivity contribution in [3.63, 3.8) is 0 Å². The molecule has 0 amide bonds. The van der Waals surface area contributed by atoms with Crippen molar-refractivity contribution in [1.82, 2.24) is 4.98 Å². The lowest BCUT2D eigenvalue weighted by atomic mass is 10.2. The van der Waals surface area contributed by atoms with Gasteiger partial charge in [0.25, 0.3) is 0 Å². The van der Waals surface area contributed by atoms with E-state index in [9.17, 15) is 13.2 Å². The molecule has 1 rings (SSSR count). The molecule has 1 heterocycles. The Bertz CT molecular complexity index is 374. The predicted molar refractivity (Wildman–Crippen MR) is 53.1 cm³/mol. The van der Waals surface area contributed by atoms with Crippen LogP contribution in [0.2, 0.25) is 0 Å².